The highest BCUT2D eigenvalue weighted by molar-refractivity contribution is 7.98. The normalized spacial score (nSPS) is 11.8. The number of benzene rings is 3. The zero-order valence-electron chi connectivity index (χ0n) is 17.9. The zero-order chi connectivity index (χ0) is 24.1. The number of carbonyl (C=O) groups is 1. The number of amidine groups is 1. The number of nitrogens with two attached hydrogens (primary N) is 1. The number of rotatable bonds is 8. The number of hydrogen-bond acceptors (Lipinski definition) is 4. The molecule has 0 heterocycles. The number of nitrogen functional groups attached to an aromatic ring is 1. The largest absolute Gasteiger partial charge is 0.384 e. The summed E-state index contributed by atoms with van der Waals surface area (Å²) in [6.07, 6.45) is 0.347. The fraction of sp³-hybridized carbons (Fsp3) is 0.167. The van der Waals surface area contributed by atoms with E-state index in [0.29, 0.717) is 16.7 Å². The van der Waals surface area contributed by atoms with Crippen LogP contribution in [-0.2, 0) is 16.1 Å². The van der Waals surface area contributed by atoms with Gasteiger partial charge in [0, 0.05) is 34.9 Å². The highest BCUT2D eigenvalue weighted by atomic mass is 35.5. The topological polar surface area (TPSA) is 79.4 Å². The molecule has 5 nitrogen and oxygen atoms in total. The Hall–Kier alpha value is -2.94. The average Bonchev–Trinajstić information content (AvgIpc) is 2.82. The molecular weight excluding hydrogens is 468 g/mol. The van der Waals surface area contributed by atoms with E-state index in [-0.39, 0.29) is 17.9 Å². The van der Waals surface area contributed by atoms with Crippen LogP contribution in [0.3, 0.4) is 0 Å². The van der Waals surface area contributed by atoms with Crippen molar-refractivity contribution in [3.8, 4) is 11.1 Å². The molecule has 0 saturated carbocycles. The Kier molecular flexibility index (Phi) is 8.07. The van der Waals surface area contributed by atoms with Crippen LogP contribution in [-0.4, -0.2) is 29.5 Å². The number of nitrogens with one attached hydrogen (secondary N) is 1. The molecule has 0 spiro atoms. The van der Waals surface area contributed by atoms with Crippen molar-refractivity contribution >= 4 is 35.3 Å². The Morgan fingerprint density at radius 1 is 1.12 bits per heavy atom. The van der Waals surface area contributed by atoms with Crippen molar-refractivity contribution in [3.63, 3.8) is 0 Å². The highest BCUT2D eigenvalue weighted by Gasteiger charge is 2.32. The van der Waals surface area contributed by atoms with Gasteiger partial charge in [0.05, 0.1) is 12.1 Å². The van der Waals surface area contributed by atoms with E-state index in [9.17, 15) is 9.18 Å². The molecule has 33 heavy (non-hydrogen) atoms. The molecule has 1 amide bonds. The van der Waals surface area contributed by atoms with Gasteiger partial charge in [-0.3, -0.25) is 10.2 Å². The first-order chi connectivity index (χ1) is 15.8. The lowest BCUT2D eigenvalue weighted by atomic mass is 9.98. The molecule has 3 N–H and O–H groups in total. The van der Waals surface area contributed by atoms with Crippen molar-refractivity contribution in [2.45, 2.75) is 17.5 Å². The van der Waals surface area contributed by atoms with Gasteiger partial charge in [-0.15, -0.1) is 11.8 Å². The molecule has 1 atom stereocenters. The molecule has 9 heteroatoms. The number of hydrogen-bond donors (Lipinski definition) is 2. The number of ether oxygens (including phenoxy) is 1. The first-order valence-electron chi connectivity index (χ1n) is 9.82. The number of carbonyl (C=O) groups excluding carboxylic acids is 1. The number of halogens is 3. The fourth-order valence-corrected chi connectivity index (χ4v) is 3.94. The standard InChI is InChI=1S/C24H22ClF2N3O2S/c1-32-22(24(31)30(25)13-14-3-5-16(6-4-14)23(28)29)20-19(26)12-11-18(21(20)27)15-7-9-17(33-2)10-8-15/h3-12,22H,13H2,1-2H3,(H3,28,29). The van der Waals surface area contributed by atoms with E-state index in [1.807, 2.05) is 18.4 Å². The molecule has 1 unspecified atom stereocenters. The van der Waals surface area contributed by atoms with Gasteiger partial charge in [-0.25, -0.2) is 13.2 Å². The minimum Gasteiger partial charge on any atom is -0.384 e. The maximum absolute atomic E-state index is 15.4. The molecule has 0 aliphatic rings. The molecule has 0 bridgehead atoms. The van der Waals surface area contributed by atoms with Crippen LogP contribution in [0.15, 0.2) is 65.6 Å². The van der Waals surface area contributed by atoms with Crippen molar-refractivity contribution in [1.29, 1.82) is 5.41 Å². The van der Waals surface area contributed by atoms with Crippen LogP contribution in [0.2, 0.25) is 0 Å². The first-order valence-corrected chi connectivity index (χ1v) is 11.4. The van der Waals surface area contributed by atoms with Crippen LogP contribution in [0.1, 0.15) is 22.8 Å². The molecule has 0 fully saturated rings. The Morgan fingerprint density at radius 2 is 1.76 bits per heavy atom. The predicted molar refractivity (Wildman–Crippen MR) is 127 cm³/mol. The quantitative estimate of drug-likeness (QED) is 0.189. The van der Waals surface area contributed by atoms with E-state index in [0.717, 1.165) is 15.4 Å². The maximum atomic E-state index is 15.4. The third-order valence-electron chi connectivity index (χ3n) is 5.08. The number of amides is 1. The van der Waals surface area contributed by atoms with Gasteiger partial charge in [-0.2, -0.15) is 0 Å². The number of nitrogens with zero attached hydrogens (tertiary/aromatic N) is 1. The lowest BCUT2D eigenvalue weighted by Gasteiger charge is -2.22. The van der Waals surface area contributed by atoms with Crippen molar-refractivity contribution in [2.75, 3.05) is 13.4 Å². The second-order valence-electron chi connectivity index (χ2n) is 7.14. The molecule has 0 aromatic heterocycles. The molecule has 3 aromatic rings. The average molecular weight is 490 g/mol. The van der Waals surface area contributed by atoms with E-state index in [2.05, 4.69) is 0 Å². The summed E-state index contributed by atoms with van der Waals surface area (Å²) in [5, 5.41) is 7.43. The van der Waals surface area contributed by atoms with Crippen LogP contribution in [0.25, 0.3) is 11.1 Å². The molecule has 0 aliphatic carbocycles. The minimum atomic E-state index is -1.58. The fourth-order valence-electron chi connectivity index (χ4n) is 3.30. The summed E-state index contributed by atoms with van der Waals surface area (Å²) in [6.45, 7) is -0.0441. The van der Waals surface area contributed by atoms with E-state index in [4.69, 9.17) is 27.7 Å². The lowest BCUT2D eigenvalue weighted by Crippen LogP contribution is -2.30. The van der Waals surface area contributed by atoms with Gasteiger partial charge in [-0.1, -0.05) is 36.4 Å². The van der Waals surface area contributed by atoms with Gasteiger partial charge in [0.2, 0.25) is 0 Å². The molecule has 0 aliphatic heterocycles. The first kappa shape index (κ1) is 24.7. The Bertz CT molecular complexity index is 1160. The summed E-state index contributed by atoms with van der Waals surface area (Å²) < 4.78 is 36.2. The van der Waals surface area contributed by atoms with Crippen LogP contribution in [0.5, 0.6) is 0 Å². The van der Waals surface area contributed by atoms with Gasteiger partial charge in [0.1, 0.15) is 17.5 Å². The second kappa shape index (κ2) is 10.8. The Morgan fingerprint density at radius 3 is 2.30 bits per heavy atom. The summed E-state index contributed by atoms with van der Waals surface area (Å²) in [5.74, 6) is -2.70. The molecule has 0 radical (unpaired) electrons. The van der Waals surface area contributed by atoms with Crippen molar-refractivity contribution in [3.05, 3.63) is 89.0 Å². The van der Waals surface area contributed by atoms with Gasteiger partial charge in [0.25, 0.3) is 5.91 Å². The number of methoxy groups -OCH3 is 1. The van der Waals surface area contributed by atoms with E-state index >= 15 is 4.39 Å². The third-order valence-corrected chi connectivity index (χ3v) is 6.10. The monoisotopic (exact) mass is 489 g/mol. The lowest BCUT2D eigenvalue weighted by molar-refractivity contribution is -0.138. The molecule has 3 aromatic carbocycles. The molecular formula is C24H22ClF2N3O2S. The van der Waals surface area contributed by atoms with Gasteiger partial charge in [0.15, 0.2) is 6.10 Å². The van der Waals surface area contributed by atoms with Gasteiger partial charge >= 0.3 is 0 Å². The Balaban J connectivity index is 1.89. The van der Waals surface area contributed by atoms with Crippen molar-refractivity contribution < 1.29 is 18.3 Å². The molecule has 3 rings (SSSR count). The predicted octanol–water partition coefficient (Wildman–Crippen LogP) is 5.51. The minimum absolute atomic E-state index is 0.0441. The third kappa shape index (κ3) is 5.52. The van der Waals surface area contributed by atoms with Crippen LogP contribution in [0, 0.1) is 17.0 Å². The molecule has 0 saturated heterocycles. The zero-order valence-corrected chi connectivity index (χ0v) is 19.5. The van der Waals surface area contributed by atoms with Crippen molar-refractivity contribution in [1.82, 2.24) is 4.42 Å². The van der Waals surface area contributed by atoms with Crippen LogP contribution in [0.4, 0.5) is 8.78 Å². The molecule has 172 valence electrons. The van der Waals surface area contributed by atoms with Crippen LogP contribution < -0.4 is 5.73 Å². The summed E-state index contributed by atoms with van der Waals surface area (Å²) >= 11 is 7.72. The SMILES string of the molecule is COC(C(=O)N(Cl)Cc1ccc(C(=N)N)cc1)c1c(F)ccc(-c2ccc(SC)cc2)c1F. The smallest absolute Gasteiger partial charge is 0.271 e. The maximum Gasteiger partial charge on any atom is 0.271 e. The van der Waals surface area contributed by atoms with Gasteiger partial charge < -0.3 is 10.5 Å². The van der Waals surface area contributed by atoms with E-state index in [1.54, 1.807) is 48.2 Å². The van der Waals surface area contributed by atoms with Crippen LogP contribution >= 0.6 is 23.5 Å². The summed E-state index contributed by atoms with van der Waals surface area (Å²) in [4.78, 5) is 14.0. The number of thioether (sulfide) groups is 1. The second-order valence-corrected chi connectivity index (χ2v) is 8.42. The van der Waals surface area contributed by atoms with E-state index < -0.39 is 29.2 Å². The summed E-state index contributed by atoms with van der Waals surface area (Å²) in [7, 11) is 1.19. The highest BCUT2D eigenvalue weighted by Crippen LogP contribution is 2.33. The Labute approximate surface area is 200 Å². The summed E-state index contributed by atoms with van der Waals surface area (Å²) in [5.41, 5.74) is 6.78. The van der Waals surface area contributed by atoms with E-state index in [1.165, 1.54) is 13.2 Å². The summed E-state index contributed by atoms with van der Waals surface area (Å²) in [6, 6.07) is 16.1. The van der Waals surface area contributed by atoms with Crippen molar-refractivity contribution in [2.24, 2.45) is 5.73 Å². The van der Waals surface area contributed by atoms with Gasteiger partial charge in [-0.05, 0) is 41.6 Å².